The lowest BCUT2D eigenvalue weighted by molar-refractivity contribution is -0.124. The van der Waals surface area contributed by atoms with Crippen LogP contribution in [-0.2, 0) is 24.2 Å². The van der Waals surface area contributed by atoms with Crippen molar-refractivity contribution in [1.82, 2.24) is 10.2 Å². The highest BCUT2D eigenvalue weighted by Crippen LogP contribution is 2.33. The first-order valence-electron chi connectivity index (χ1n) is 8.54. The molecule has 2 aliphatic rings. The maximum Gasteiger partial charge on any atom is 0.265 e. The molecule has 1 saturated heterocycles. The molecule has 0 saturated carbocycles. The number of carbonyl (C=O) groups excluding carboxylic acids is 2. The van der Waals surface area contributed by atoms with E-state index >= 15 is 0 Å². The van der Waals surface area contributed by atoms with E-state index in [1.807, 2.05) is 36.4 Å². The van der Waals surface area contributed by atoms with Crippen LogP contribution in [0, 0.1) is 0 Å². The molecular formula is C19H20N2O2S2. The van der Waals surface area contributed by atoms with Crippen LogP contribution in [0.25, 0.3) is 0 Å². The van der Waals surface area contributed by atoms with Crippen LogP contribution in [0.5, 0.6) is 0 Å². The van der Waals surface area contributed by atoms with Crippen molar-refractivity contribution in [3.63, 3.8) is 0 Å². The fourth-order valence-corrected chi connectivity index (χ4v) is 5.70. The van der Waals surface area contributed by atoms with E-state index in [4.69, 9.17) is 0 Å². The number of aryl methyl sites for hydroxylation is 2. The smallest absolute Gasteiger partial charge is 0.265 e. The zero-order valence-corrected chi connectivity index (χ0v) is 15.5. The number of hydrogen-bond donors (Lipinski definition) is 1. The van der Waals surface area contributed by atoms with Crippen LogP contribution in [0.2, 0.25) is 0 Å². The van der Waals surface area contributed by atoms with E-state index in [-0.39, 0.29) is 17.9 Å². The molecule has 4 nitrogen and oxygen atoms in total. The normalized spacial score (nSPS) is 19.0. The molecule has 130 valence electrons. The second-order valence-corrected chi connectivity index (χ2v) is 8.54. The lowest BCUT2D eigenvalue weighted by Gasteiger charge is -2.22. The Morgan fingerprint density at radius 3 is 2.84 bits per heavy atom. The molecule has 4 rings (SSSR count). The summed E-state index contributed by atoms with van der Waals surface area (Å²) < 4.78 is 0. The summed E-state index contributed by atoms with van der Waals surface area (Å²) >= 11 is 3.25. The molecule has 0 bridgehead atoms. The van der Waals surface area contributed by atoms with Gasteiger partial charge in [-0.25, -0.2) is 0 Å². The molecule has 1 aliphatic heterocycles. The van der Waals surface area contributed by atoms with Gasteiger partial charge in [-0.1, -0.05) is 30.3 Å². The SMILES string of the molecule is O=C(NCc1ccccc1)C1CSCN1C(=O)c1cc2c(s1)CCC2. The second-order valence-electron chi connectivity index (χ2n) is 6.41. The van der Waals surface area contributed by atoms with Crippen molar-refractivity contribution < 1.29 is 9.59 Å². The predicted molar refractivity (Wildman–Crippen MR) is 102 cm³/mol. The standard InChI is InChI=1S/C19H20N2O2S2/c22-18(20-10-13-5-2-1-3-6-13)15-11-24-12-21(15)19(23)17-9-14-7-4-8-16(14)25-17/h1-3,5-6,9,15H,4,7-8,10-12H2,(H,20,22). The van der Waals surface area contributed by atoms with Gasteiger partial charge in [-0.15, -0.1) is 23.1 Å². The van der Waals surface area contributed by atoms with Crippen molar-refractivity contribution in [3.8, 4) is 0 Å². The van der Waals surface area contributed by atoms with E-state index in [0.717, 1.165) is 23.3 Å². The molecule has 25 heavy (non-hydrogen) atoms. The molecule has 0 radical (unpaired) electrons. The molecule has 2 heterocycles. The average molecular weight is 373 g/mol. The minimum Gasteiger partial charge on any atom is -0.350 e. The van der Waals surface area contributed by atoms with Crippen LogP contribution in [0.1, 0.15) is 32.1 Å². The first kappa shape index (κ1) is 16.7. The Labute approximate surface area is 155 Å². The number of nitrogens with one attached hydrogen (secondary N) is 1. The first-order valence-corrected chi connectivity index (χ1v) is 10.5. The van der Waals surface area contributed by atoms with Crippen molar-refractivity contribution >= 4 is 34.9 Å². The quantitative estimate of drug-likeness (QED) is 0.897. The highest BCUT2D eigenvalue weighted by molar-refractivity contribution is 7.99. The van der Waals surface area contributed by atoms with Gasteiger partial charge in [-0.3, -0.25) is 9.59 Å². The van der Waals surface area contributed by atoms with Gasteiger partial charge in [-0.2, -0.15) is 0 Å². The minimum atomic E-state index is -0.377. The Hall–Kier alpha value is -1.79. The number of rotatable bonds is 4. The van der Waals surface area contributed by atoms with Gasteiger partial charge in [0.05, 0.1) is 10.8 Å². The number of amides is 2. The van der Waals surface area contributed by atoms with E-state index in [1.165, 1.54) is 16.9 Å². The van der Waals surface area contributed by atoms with Gasteiger partial charge in [-0.05, 0) is 36.5 Å². The average Bonchev–Trinajstić information content (AvgIpc) is 3.35. The summed E-state index contributed by atoms with van der Waals surface area (Å²) in [6.07, 6.45) is 3.36. The van der Waals surface area contributed by atoms with Gasteiger partial charge in [0, 0.05) is 17.2 Å². The molecule has 1 atom stereocenters. The van der Waals surface area contributed by atoms with Crippen LogP contribution in [0.15, 0.2) is 36.4 Å². The third-order valence-corrected chi connectivity index (χ3v) is 6.95. The maximum atomic E-state index is 12.9. The third-order valence-electron chi connectivity index (χ3n) is 4.71. The third kappa shape index (κ3) is 3.46. The van der Waals surface area contributed by atoms with Gasteiger partial charge < -0.3 is 10.2 Å². The Bertz CT molecular complexity index is 766. The zero-order valence-electron chi connectivity index (χ0n) is 13.9. The number of nitrogens with zero attached hydrogens (tertiary/aromatic N) is 1. The molecule has 2 aromatic rings. The van der Waals surface area contributed by atoms with Gasteiger partial charge >= 0.3 is 0 Å². The van der Waals surface area contributed by atoms with Crippen molar-refractivity contribution in [1.29, 1.82) is 0 Å². The molecule has 1 N–H and O–H groups in total. The van der Waals surface area contributed by atoms with Crippen LogP contribution < -0.4 is 5.32 Å². The van der Waals surface area contributed by atoms with Crippen LogP contribution in [0.4, 0.5) is 0 Å². The summed E-state index contributed by atoms with van der Waals surface area (Å²) in [4.78, 5) is 29.3. The number of fused-ring (bicyclic) bond motifs is 1. The largest absolute Gasteiger partial charge is 0.350 e. The van der Waals surface area contributed by atoms with E-state index in [0.29, 0.717) is 18.2 Å². The number of carbonyl (C=O) groups is 2. The molecule has 1 aromatic heterocycles. The van der Waals surface area contributed by atoms with E-state index in [2.05, 4.69) is 5.32 Å². The lowest BCUT2D eigenvalue weighted by Crippen LogP contribution is -2.46. The number of hydrogen-bond acceptors (Lipinski definition) is 4. The van der Waals surface area contributed by atoms with Crippen LogP contribution in [0.3, 0.4) is 0 Å². The van der Waals surface area contributed by atoms with E-state index in [9.17, 15) is 9.59 Å². The van der Waals surface area contributed by atoms with Crippen LogP contribution >= 0.6 is 23.1 Å². The zero-order chi connectivity index (χ0) is 17.2. The minimum absolute atomic E-state index is 0.00395. The van der Waals surface area contributed by atoms with Gasteiger partial charge in [0.25, 0.3) is 5.91 Å². The summed E-state index contributed by atoms with van der Waals surface area (Å²) in [7, 11) is 0. The summed E-state index contributed by atoms with van der Waals surface area (Å²) in [5, 5.41) is 2.97. The Morgan fingerprint density at radius 1 is 1.20 bits per heavy atom. The van der Waals surface area contributed by atoms with Crippen molar-refractivity contribution in [2.24, 2.45) is 0 Å². The van der Waals surface area contributed by atoms with Gasteiger partial charge in [0.15, 0.2) is 0 Å². The molecule has 0 spiro atoms. The molecule has 6 heteroatoms. The summed E-state index contributed by atoms with van der Waals surface area (Å²) in [5.74, 6) is 1.19. The number of thiophene rings is 1. The molecule has 2 amide bonds. The molecule has 1 aliphatic carbocycles. The monoisotopic (exact) mass is 372 g/mol. The van der Waals surface area contributed by atoms with Crippen molar-refractivity contribution in [2.45, 2.75) is 31.8 Å². The first-order chi connectivity index (χ1) is 12.2. The lowest BCUT2D eigenvalue weighted by atomic mass is 10.2. The second kappa shape index (κ2) is 7.22. The Balaban J connectivity index is 1.42. The molecular weight excluding hydrogens is 352 g/mol. The van der Waals surface area contributed by atoms with Gasteiger partial charge in [0.2, 0.25) is 5.91 Å². The summed E-state index contributed by atoms with van der Waals surface area (Å²) in [6.45, 7) is 0.496. The highest BCUT2D eigenvalue weighted by atomic mass is 32.2. The predicted octanol–water partition coefficient (Wildman–Crippen LogP) is 3.07. The number of benzene rings is 1. The fraction of sp³-hybridized carbons (Fsp3) is 0.368. The Morgan fingerprint density at radius 2 is 2.04 bits per heavy atom. The van der Waals surface area contributed by atoms with E-state index < -0.39 is 0 Å². The molecule has 1 aromatic carbocycles. The summed E-state index contributed by atoms with van der Waals surface area (Å²) in [5.41, 5.74) is 2.39. The van der Waals surface area contributed by atoms with E-state index in [1.54, 1.807) is 28.0 Å². The van der Waals surface area contributed by atoms with Crippen molar-refractivity contribution in [2.75, 3.05) is 11.6 Å². The topological polar surface area (TPSA) is 49.4 Å². The number of thioether (sulfide) groups is 1. The fourth-order valence-electron chi connectivity index (χ4n) is 3.34. The van der Waals surface area contributed by atoms with Crippen LogP contribution in [-0.4, -0.2) is 34.4 Å². The highest BCUT2D eigenvalue weighted by Gasteiger charge is 2.36. The summed E-state index contributed by atoms with van der Waals surface area (Å²) in [6, 6.07) is 11.5. The molecule has 1 fully saturated rings. The maximum absolute atomic E-state index is 12.9. The molecule has 1 unspecified atom stereocenters. The van der Waals surface area contributed by atoms with Gasteiger partial charge in [0.1, 0.15) is 6.04 Å². The van der Waals surface area contributed by atoms with Crippen molar-refractivity contribution in [3.05, 3.63) is 57.3 Å². The Kier molecular flexibility index (Phi) is 4.81.